The molecule has 0 saturated carbocycles. The minimum absolute atomic E-state index is 0.0171. The van der Waals surface area contributed by atoms with Gasteiger partial charge in [0.15, 0.2) is 0 Å². The fraction of sp³-hybridized carbons (Fsp3) is 0.300. The summed E-state index contributed by atoms with van der Waals surface area (Å²) in [6.07, 6.45) is 0.191. The van der Waals surface area contributed by atoms with Gasteiger partial charge in [-0.25, -0.2) is 9.18 Å². The zero-order valence-electron chi connectivity index (χ0n) is 14.7. The van der Waals surface area contributed by atoms with Gasteiger partial charge in [-0.05, 0) is 29.8 Å². The van der Waals surface area contributed by atoms with Crippen LogP contribution in [-0.2, 0) is 16.0 Å². The van der Waals surface area contributed by atoms with E-state index in [2.05, 4.69) is 4.90 Å². The molecule has 0 unspecified atom stereocenters. The predicted octanol–water partition coefficient (Wildman–Crippen LogP) is 2.50. The molecular formula is C20H21FN2O3. The minimum atomic E-state index is -0.370. The van der Waals surface area contributed by atoms with Gasteiger partial charge in [-0.15, -0.1) is 0 Å². The Morgan fingerprint density at radius 2 is 1.77 bits per heavy atom. The first-order valence-electron chi connectivity index (χ1n) is 8.53. The van der Waals surface area contributed by atoms with Crippen molar-refractivity contribution in [3.8, 4) is 0 Å². The Balaban J connectivity index is 1.63. The number of methoxy groups -OCH3 is 1. The van der Waals surface area contributed by atoms with Gasteiger partial charge in [0.25, 0.3) is 0 Å². The van der Waals surface area contributed by atoms with Crippen LogP contribution in [0.2, 0.25) is 0 Å². The molecule has 0 radical (unpaired) electrons. The van der Waals surface area contributed by atoms with Gasteiger partial charge in [-0.3, -0.25) is 4.79 Å². The Kier molecular flexibility index (Phi) is 5.51. The van der Waals surface area contributed by atoms with E-state index >= 15 is 0 Å². The van der Waals surface area contributed by atoms with Crippen LogP contribution in [0.15, 0.2) is 48.5 Å². The number of benzene rings is 2. The summed E-state index contributed by atoms with van der Waals surface area (Å²) in [5.41, 5.74) is 2.01. The van der Waals surface area contributed by atoms with Gasteiger partial charge >= 0.3 is 5.97 Å². The van der Waals surface area contributed by atoms with E-state index in [1.165, 1.54) is 19.2 Å². The van der Waals surface area contributed by atoms with Crippen LogP contribution in [0, 0.1) is 5.82 Å². The summed E-state index contributed by atoms with van der Waals surface area (Å²) in [6, 6.07) is 13.4. The lowest BCUT2D eigenvalue weighted by Crippen LogP contribution is -2.49. The molecule has 1 aliphatic heterocycles. The number of hydrogen-bond donors (Lipinski definition) is 0. The molecule has 6 heteroatoms. The van der Waals surface area contributed by atoms with Crippen LogP contribution >= 0.6 is 0 Å². The number of carbonyl (C=O) groups is 2. The molecule has 1 heterocycles. The highest BCUT2D eigenvalue weighted by Crippen LogP contribution is 2.23. The lowest BCUT2D eigenvalue weighted by molar-refractivity contribution is -0.130. The first-order valence-corrected chi connectivity index (χ1v) is 8.53. The van der Waals surface area contributed by atoms with Crippen LogP contribution in [-0.4, -0.2) is 50.1 Å². The molecular weight excluding hydrogens is 335 g/mol. The maximum atomic E-state index is 13.3. The van der Waals surface area contributed by atoms with E-state index in [9.17, 15) is 14.0 Å². The van der Waals surface area contributed by atoms with Gasteiger partial charge in [-0.1, -0.05) is 24.3 Å². The predicted molar refractivity (Wildman–Crippen MR) is 96.7 cm³/mol. The average Bonchev–Trinajstić information content (AvgIpc) is 2.67. The quantitative estimate of drug-likeness (QED) is 0.790. The highest BCUT2D eigenvalue weighted by Gasteiger charge is 2.24. The SMILES string of the molecule is COC(=O)c1ccccc1N1CCN(C(=O)Cc2cccc(F)c2)CC1. The number of anilines is 1. The third kappa shape index (κ3) is 4.02. The van der Waals surface area contributed by atoms with E-state index in [1.54, 1.807) is 29.2 Å². The highest BCUT2D eigenvalue weighted by atomic mass is 19.1. The lowest BCUT2D eigenvalue weighted by Gasteiger charge is -2.36. The van der Waals surface area contributed by atoms with Gasteiger partial charge < -0.3 is 14.5 Å². The van der Waals surface area contributed by atoms with Crippen molar-refractivity contribution in [2.45, 2.75) is 6.42 Å². The van der Waals surface area contributed by atoms with Crippen LogP contribution < -0.4 is 4.90 Å². The number of nitrogens with zero attached hydrogens (tertiary/aromatic N) is 2. The van der Waals surface area contributed by atoms with Crippen molar-refractivity contribution in [2.24, 2.45) is 0 Å². The van der Waals surface area contributed by atoms with Crippen molar-refractivity contribution in [1.82, 2.24) is 4.90 Å². The van der Waals surface area contributed by atoms with Crippen molar-refractivity contribution >= 4 is 17.6 Å². The second-order valence-corrected chi connectivity index (χ2v) is 6.18. The first kappa shape index (κ1) is 17.9. The molecule has 0 N–H and O–H groups in total. The van der Waals surface area contributed by atoms with Crippen molar-refractivity contribution < 1.29 is 18.7 Å². The summed E-state index contributed by atoms with van der Waals surface area (Å²) >= 11 is 0. The largest absolute Gasteiger partial charge is 0.465 e. The summed E-state index contributed by atoms with van der Waals surface area (Å²) < 4.78 is 18.1. The van der Waals surface area contributed by atoms with Crippen LogP contribution in [0.4, 0.5) is 10.1 Å². The first-order chi connectivity index (χ1) is 12.6. The lowest BCUT2D eigenvalue weighted by atomic mass is 10.1. The van der Waals surface area contributed by atoms with Gasteiger partial charge in [0.2, 0.25) is 5.91 Å². The molecule has 1 aliphatic rings. The molecule has 1 fully saturated rings. The summed E-state index contributed by atoms with van der Waals surface area (Å²) in [4.78, 5) is 28.3. The maximum absolute atomic E-state index is 13.3. The Morgan fingerprint density at radius 1 is 1.04 bits per heavy atom. The van der Waals surface area contributed by atoms with E-state index in [1.807, 2.05) is 12.1 Å². The number of hydrogen-bond acceptors (Lipinski definition) is 4. The Labute approximate surface area is 152 Å². The topological polar surface area (TPSA) is 49.9 Å². The molecule has 1 saturated heterocycles. The van der Waals surface area contributed by atoms with E-state index in [0.717, 1.165) is 5.69 Å². The Morgan fingerprint density at radius 3 is 2.46 bits per heavy atom. The third-order valence-electron chi connectivity index (χ3n) is 4.53. The second-order valence-electron chi connectivity index (χ2n) is 6.18. The zero-order valence-corrected chi connectivity index (χ0v) is 14.7. The summed E-state index contributed by atoms with van der Waals surface area (Å²) in [6.45, 7) is 2.37. The summed E-state index contributed by atoms with van der Waals surface area (Å²) in [7, 11) is 1.36. The molecule has 5 nitrogen and oxygen atoms in total. The van der Waals surface area contributed by atoms with E-state index in [-0.39, 0.29) is 24.1 Å². The van der Waals surface area contributed by atoms with Crippen molar-refractivity contribution in [3.63, 3.8) is 0 Å². The smallest absolute Gasteiger partial charge is 0.339 e. The number of piperazine rings is 1. The monoisotopic (exact) mass is 356 g/mol. The Hall–Kier alpha value is -2.89. The van der Waals surface area contributed by atoms with Crippen molar-refractivity contribution in [2.75, 3.05) is 38.2 Å². The molecule has 0 spiro atoms. The number of carbonyl (C=O) groups excluding carboxylic acids is 2. The molecule has 3 rings (SSSR count). The van der Waals surface area contributed by atoms with Gasteiger partial charge in [0.1, 0.15) is 5.82 Å². The number of para-hydroxylation sites is 1. The highest BCUT2D eigenvalue weighted by molar-refractivity contribution is 5.95. The van der Waals surface area contributed by atoms with Crippen molar-refractivity contribution in [3.05, 3.63) is 65.5 Å². The van der Waals surface area contributed by atoms with E-state index in [0.29, 0.717) is 37.3 Å². The molecule has 2 aromatic carbocycles. The number of ether oxygens (including phenoxy) is 1. The standard InChI is InChI=1S/C20H21FN2O3/c1-26-20(25)17-7-2-3-8-18(17)22-9-11-23(12-10-22)19(24)14-15-5-4-6-16(21)13-15/h2-8,13H,9-12,14H2,1H3. The van der Waals surface area contributed by atoms with Gasteiger partial charge in [0.05, 0.1) is 24.8 Å². The van der Waals surface area contributed by atoms with Crippen LogP contribution in [0.1, 0.15) is 15.9 Å². The third-order valence-corrected chi connectivity index (χ3v) is 4.53. The summed E-state index contributed by atoms with van der Waals surface area (Å²) in [5.74, 6) is -0.721. The molecule has 26 heavy (non-hydrogen) atoms. The molecule has 0 atom stereocenters. The molecule has 0 aliphatic carbocycles. The Bertz CT molecular complexity index is 801. The fourth-order valence-electron chi connectivity index (χ4n) is 3.16. The molecule has 1 amide bonds. The molecule has 0 bridgehead atoms. The fourth-order valence-corrected chi connectivity index (χ4v) is 3.16. The number of esters is 1. The normalized spacial score (nSPS) is 14.2. The maximum Gasteiger partial charge on any atom is 0.339 e. The van der Waals surface area contributed by atoms with E-state index < -0.39 is 0 Å². The van der Waals surface area contributed by atoms with Crippen LogP contribution in [0.25, 0.3) is 0 Å². The second kappa shape index (κ2) is 7.99. The molecule has 0 aromatic heterocycles. The number of amides is 1. The molecule has 2 aromatic rings. The number of halogens is 1. The number of rotatable bonds is 4. The summed E-state index contributed by atoms with van der Waals surface area (Å²) in [5, 5.41) is 0. The minimum Gasteiger partial charge on any atom is -0.465 e. The van der Waals surface area contributed by atoms with Crippen LogP contribution in [0.5, 0.6) is 0 Å². The molecule has 136 valence electrons. The average molecular weight is 356 g/mol. The van der Waals surface area contributed by atoms with Gasteiger partial charge in [0, 0.05) is 26.2 Å². The van der Waals surface area contributed by atoms with Gasteiger partial charge in [-0.2, -0.15) is 0 Å². The zero-order chi connectivity index (χ0) is 18.5. The van der Waals surface area contributed by atoms with E-state index in [4.69, 9.17) is 4.74 Å². The van der Waals surface area contributed by atoms with Crippen molar-refractivity contribution in [1.29, 1.82) is 0 Å². The van der Waals surface area contributed by atoms with Crippen LogP contribution in [0.3, 0.4) is 0 Å².